The zero-order chi connectivity index (χ0) is 17.3. The molecule has 23 heavy (non-hydrogen) atoms. The van der Waals surface area contributed by atoms with Gasteiger partial charge in [-0.25, -0.2) is 9.18 Å². The molecule has 0 radical (unpaired) electrons. The molecule has 1 aromatic rings. The van der Waals surface area contributed by atoms with Crippen molar-refractivity contribution >= 4 is 33.5 Å². The Labute approximate surface area is 139 Å². The van der Waals surface area contributed by atoms with Gasteiger partial charge >= 0.3 is 5.97 Å². The highest BCUT2D eigenvalue weighted by molar-refractivity contribution is 9.10. The molecule has 2 unspecified atom stereocenters. The number of carbonyl (C=O) groups is 2. The maximum absolute atomic E-state index is 13.6. The molecule has 0 aromatic heterocycles. The fraction of sp³-hybridized carbons (Fsp3) is 0.429. The third kappa shape index (κ3) is 3.49. The van der Waals surface area contributed by atoms with Gasteiger partial charge in [-0.2, -0.15) is 0 Å². The van der Waals surface area contributed by atoms with Crippen molar-refractivity contribution in [2.45, 2.75) is 25.8 Å². The molecule has 1 aromatic carbocycles. The third-order valence-electron chi connectivity index (χ3n) is 3.86. The van der Waals surface area contributed by atoms with Gasteiger partial charge in [0.2, 0.25) is 0 Å². The van der Waals surface area contributed by atoms with Crippen molar-refractivity contribution in [1.82, 2.24) is 4.90 Å². The first-order valence-corrected chi connectivity index (χ1v) is 7.69. The summed E-state index contributed by atoms with van der Waals surface area (Å²) in [6.07, 6.45) is 0.903. The molecule has 1 heterocycles. The average Bonchev–Trinajstić information content (AvgIpc) is 2.48. The summed E-state index contributed by atoms with van der Waals surface area (Å²) in [6.45, 7) is 2.09. The number of nitro benzene ring substituents is 1. The van der Waals surface area contributed by atoms with Gasteiger partial charge in [-0.3, -0.25) is 14.9 Å². The minimum atomic E-state index is -1.15. The van der Waals surface area contributed by atoms with Crippen LogP contribution < -0.4 is 0 Å². The zero-order valence-corrected chi connectivity index (χ0v) is 13.7. The predicted molar refractivity (Wildman–Crippen MR) is 81.6 cm³/mol. The number of carboxylic acid groups (broad SMARTS) is 1. The van der Waals surface area contributed by atoms with Crippen molar-refractivity contribution in [3.8, 4) is 0 Å². The van der Waals surface area contributed by atoms with Crippen LogP contribution in [0.2, 0.25) is 0 Å². The molecule has 0 bridgehead atoms. The van der Waals surface area contributed by atoms with E-state index in [1.54, 1.807) is 0 Å². The molecule has 0 aliphatic carbocycles. The van der Waals surface area contributed by atoms with Crippen molar-refractivity contribution in [3.63, 3.8) is 0 Å². The van der Waals surface area contributed by atoms with Gasteiger partial charge in [0.1, 0.15) is 16.3 Å². The number of halogens is 2. The van der Waals surface area contributed by atoms with Gasteiger partial charge in [0.25, 0.3) is 11.6 Å². The van der Waals surface area contributed by atoms with Crippen LogP contribution in [-0.2, 0) is 4.79 Å². The van der Waals surface area contributed by atoms with Crippen LogP contribution in [0.5, 0.6) is 0 Å². The minimum Gasteiger partial charge on any atom is -0.480 e. The van der Waals surface area contributed by atoms with Gasteiger partial charge in [0.15, 0.2) is 0 Å². The van der Waals surface area contributed by atoms with Gasteiger partial charge < -0.3 is 10.0 Å². The van der Waals surface area contributed by atoms with E-state index >= 15 is 0 Å². The lowest BCUT2D eigenvalue weighted by atomic mass is 9.92. The quantitative estimate of drug-likeness (QED) is 0.633. The molecule has 0 spiro atoms. The molecule has 2 atom stereocenters. The smallest absolute Gasteiger partial charge is 0.326 e. The van der Waals surface area contributed by atoms with Gasteiger partial charge in [0.05, 0.1) is 16.6 Å². The first-order valence-electron chi connectivity index (χ1n) is 6.89. The van der Waals surface area contributed by atoms with Crippen LogP contribution in [0.1, 0.15) is 30.1 Å². The Kier molecular flexibility index (Phi) is 4.98. The standard InChI is InChI=1S/C14H14BrFN2O5/c1-7-2-3-17(11(4-7)14(20)21)13(19)9-5-8(16)6-10(12(9)15)18(22)23/h5-7,11H,2-4H2,1H3,(H,20,21). The molecule has 1 aliphatic heterocycles. The van der Waals surface area contributed by atoms with Crippen LogP contribution in [0.3, 0.4) is 0 Å². The highest BCUT2D eigenvalue weighted by Crippen LogP contribution is 2.32. The van der Waals surface area contributed by atoms with E-state index in [2.05, 4.69) is 15.9 Å². The van der Waals surface area contributed by atoms with Crippen molar-refractivity contribution in [3.05, 3.63) is 38.1 Å². The molecule has 9 heteroatoms. The Balaban J connectivity index is 2.43. The Hall–Kier alpha value is -2.03. The second kappa shape index (κ2) is 6.61. The van der Waals surface area contributed by atoms with Crippen LogP contribution in [0, 0.1) is 21.8 Å². The topological polar surface area (TPSA) is 101 Å². The van der Waals surface area contributed by atoms with E-state index in [-0.39, 0.29) is 28.9 Å². The number of carboxylic acids is 1. The molecule has 1 aliphatic rings. The summed E-state index contributed by atoms with van der Waals surface area (Å²) in [5, 5.41) is 20.2. The monoisotopic (exact) mass is 388 g/mol. The first kappa shape index (κ1) is 17.3. The summed E-state index contributed by atoms with van der Waals surface area (Å²) in [7, 11) is 0. The molecule has 7 nitrogen and oxygen atoms in total. The molecule has 1 N–H and O–H groups in total. The zero-order valence-electron chi connectivity index (χ0n) is 12.2. The fourth-order valence-electron chi connectivity index (χ4n) is 2.64. The van der Waals surface area contributed by atoms with E-state index in [0.717, 1.165) is 11.0 Å². The van der Waals surface area contributed by atoms with Gasteiger partial charge in [0, 0.05) is 6.54 Å². The van der Waals surface area contributed by atoms with Crippen molar-refractivity contribution in [2.24, 2.45) is 5.92 Å². The number of piperidine rings is 1. The predicted octanol–water partition coefficient (Wildman–Crippen LogP) is 2.82. The Bertz CT molecular complexity index is 681. The van der Waals surface area contributed by atoms with E-state index in [4.69, 9.17) is 0 Å². The summed E-state index contributed by atoms with van der Waals surface area (Å²) < 4.78 is 13.4. The van der Waals surface area contributed by atoms with Crippen molar-refractivity contribution < 1.29 is 24.0 Å². The summed E-state index contributed by atoms with van der Waals surface area (Å²) in [5.41, 5.74) is -0.830. The lowest BCUT2D eigenvalue weighted by Crippen LogP contribution is -2.49. The lowest BCUT2D eigenvalue weighted by molar-refractivity contribution is -0.385. The van der Waals surface area contributed by atoms with Gasteiger partial charge in [-0.05, 0) is 40.8 Å². The van der Waals surface area contributed by atoms with Gasteiger partial charge in [-0.15, -0.1) is 0 Å². The van der Waals surface area contributed by atoms with E-state index in [9.17, 15) is 29.2 Å². The summed E-state index contributed by atoms with van der Waals surface area (Å²) in [5.74, 6) is -2.67. The molecule has 0 saturated carbocycles. The summed E-state index contributed by atoms with van der Waals surface area (Å²) in [6, 6.07) is 0.546. The summed E-state index contributed by atoms with van der Waals surface area (Å²) >= 11 is 2.95. The molecular formula is C14H14BrFN2O5. The SMILES string of the molecule is CC1CCN(C(=O)c2cc(F)cc([N+](=O)[O-])c2Br)C(C(=O)O)C1. The third-order valence-corrected chi connectivity index (χ3v) is 4.69. The first-order chi connectivity index (χ1) is 10.7. The summed E-state index contributed by atoms with van der Waals surface area (Å²) in [4.78, 5) is 35.3. The van der Waals surface area contributed by atoms with E-state index in [1.165, 1.54) is 0 Å². The van der Waals surface area contributed by atoms with Gasteiger partial charge in [-0.1, -0.05) is 6.92 Å². The van der Waals surface area contributed by atoms with E-state index < -0.39 is 34.3 Å². The van der Waals surface area contributed by atoms with Crippen LogP contribution in [-0.4, -0.2) is 39.4 Å². The van der Waals surface area contributed by atoms with Crippen molar-refractivity contribution in [1.29, 1.82) is 0 Å². The molecule has 1 fully saturated rings. The fourth-order valence-corrected chi connectivity index (χ4v) is 3.18. The lowest BCUT2D eigenvalue weighted by Gasteiger charge is -2.36. The average molecular weight is 389 g/mol. The van der Waals surface area contributed by atoms with E-state index in [0.29, 0.717) is 12.5 Å². The number of hydrogen-bond acceptors (Lipinski definition) is 4. The highest BCUT2D eigenvalue weighted by atomic mass is 79.9. The Morgan fingerprint density at radius 3 is 2.70 bits per heavy atom. The maximum atomic E-state index is 13.6. The van der Waals surface area contributed by atoms with Crippen LogP contribution in [0.15, 0.2) is 16.6 Å². The molecule has 1 saturated heterocycles. The van der Waals surface area contributed by atoms with Crippen LogP contribution in [0.4, 0.5) is 10.1 Å². The largest absolute Gasteiger partial charge is 0.480 e. The number of rotatable bonds is 3. The van der Waals surface area contributed by atoms with Crippen LogP contribution >= 0.6 is 15.9 Å². The number of nitro groups is 1. The van der Waals surface area contributed by atoms with Crippen LogP contribution in [0.25, 0.3) is 0 Å². The number of nitrogens with zero attached hydrogens (tertiary/aromatic N) is 2. The Morgan fingerprint density at radius 2 is 2.13 bits per heavy atom. The molecular weight excluding hydrogens is 375 g/mol. The maximum Gasteiger partial charge on any atom is 0.326 e. The number of benzene rings is 1. The number of amides is 1. The highest BCUT2D eigenvalue weighted by Gasteiger charge is 2.36. The molecule has 1 amide bonds. The second-order valence-corrected chi connectivity index (χ2v) is 6.32. The van der Waals surface area contributed by atoms with E-state index in [1.807, 2.05) is 6.92 Å². The Morgan fingerprint density at radius 1 is 1.48 bits per heavy atom. The van der Waals surface area contributed by atoms with Crippen molar-refractivity contribution in [2.75, 3.05) is 6.54 Å². The number of likely N-dealkylation sites (tertiary alicyclic amines) is 1. The second-order valence-electron chi connectivity index (χ2n) is 5.53. The normalized spacial score (nSPS) is 21.1. The molecule has 2 rings (SSSR count). The number of carbonyl (C=O) groups excluding carboxylic acids is 1. The number of hydrogen-bond donors (Lipinski definition) is 1. The number of aliphatic carboxylic acids is 1. The minimum absolute atomic E-state index is 0.144. The molecule has 124 valence electrons.